The number of hydrogen-bond donors (Lipinski definition) is 1. The van der Waals surface area contributed by atoms with Crippen molar-refractivity contribution in [2.75, 3.05) is 0 Å². The van der Waals surface area contributed by atoms with E-state index < -0.39 is 0 Å². The molecule has 21 heavy (non-hydrogen) atoms. The van der Waals surface area contributed by atoms with Gasteiger partial charge >= 0.3 is 0 Å². The van der Waals surface area contributed by atoms with E-state index in [1.54, 1.807) is 0 Å². The van der Waals surface area contributed by atoms with Crippen molar-refractivity contribution in [3.05, 3.63) is 35.4 Å². The van der Waals surface area contributed by atoms with Crippen LogP contribution < -0.4 is 5.32 Å². The highest BCUT2D eigenvalue weighted by Gasteiger charge is 2.09. The van der Waals surface area contributed by atoms with Gasteiger partial charge in [-0.2, -0.15) is 10.2 Å². The van der Waals surface area contributed by atoms with Crippen LogP contribution in [0.2, 0.25) is 0 Å². The minimum Gasteiger partial charge on any atom is -0.306 e. The third kappa shape index (κ3) is 4.17. The Morgan fingerprint density at radius 3 is 2.48 bits per heavy atom. The summed E-state index contributed by atoms with van der Waals surface area (Å²) in [5.74, 6) is 1.08. The molecular formula is C16H27N5. The Morgan fingerprint density at radius 2 is 1.86 bits per heavy atom. The van der Waals surface area contributed by atoms with Crippen molar-refractivity contribution in [1.82, 2.24) is 24.9 Å². The first-order valence-corrected chi connectivity index (χ1v) is 7.71. The fourth-order valence-electron chi connectivity index (χ4n) is 2.32. The summed E-state index contributed by atoms with van der Waals surface area (Å²) in [6, 6.07) is 4.27. The maximum Gasteiger partial charge on any atom is 0.0653 e. The molecule has 0 aliphatic heterocycles. The molecule has 2 heterocycles. The van der Waals surface area contributed by atoms with Gasteiger partial charge in [0.1, 0.15) is 0 Å². The average molecular weight is 289 g/mol. The van der Waals surface area contributed by atoms with E-state index in [4.69, 9.17) is 0 Å². The van der Waals surface area contributed by atoms with Gasteiger partial charge in [-0.15, -0.1) is 0 Å². The third-order valence-electron chi connectivity index (χ3n) is 3.54. The van der Waals surface area contributed by atoms with Gasteiger partial charge in [-0.1, -0.05) is 27.7 Å². The maximum atomic E-state index is 4.54. The van der Waals surface area contributed by atoms with E-state index in [1.807, 2.05) is 17.9 Å². The summed E-state index contributed by atoms with van der Waals surface area (Å²) in [5.41, 5.74) is 3.60. The van der Waals surface area contributed by atoms with E-state index in [0.29, 0.717) is 11.8 Å². The van der Waals surface area contributed by atoms with Crippen LogP contribution in [0.1, 0.15) is 50.7 Å². The zero-order valence-corrected chi connectivity index (χ0v) is 13.8. The summed E-state index contributed by atoms with van der Waals surface area (Å²) in [6.45, 7) is 11.4. The Bertz CT molecular complexity index is 565. The van der Waals surface area contributed by atoms with Crippen LogP contribution >= 0.6 is 0 Å². The molecule has 0 saturated carbocycles. The van der Waals surface area contributed by atoms with Crippen molar-refractivity contribution < 1.29 is 0 Å². The second kappa shape index (κ2) is 6.89. The molecule has 0 bridgehead atoms. The highest BCUT2D eigenvalue weighted by Crippen LogP contribution is 2.13. The largest absolute Gasteiger partial charge is 0.306 e. The average Bonchev–Trinajstić information content (AvgIpc) is 2.97. The Balaban J connectivity index is 1.91. The number of nitrogens with zero attached hydrogens (tertiary/aromatic N) is 4. The van der Waals surface area contributed by atoms with E-state index in [-0.39, 0.29) is 0 Å². The number of nitrogens with one attached hydrogen (secondary N) is 1. The van der Waals surface area contributed by atoms with Gasteiger partial charge < -0.3 is 5.32 Å². The molecule has 0 aliphatic carbocycles. The van der Waals surface area contributed by atoms with Crippen molar-refractivity contribution >= 4 is 0 Å². The molecule has 0 aliphatic rings. The summed E-state index contributed by atoms with van der Waals surface area (Å²) >= 11 is 0. The minimum absolute atomic E-state index is 0.470. The molecule has 0 atom stereocenters. The zero-order valence-electron chi connectivity index (χ0n) is 13.8. The highest BCUT2D eigenvalue weighted by molar-refractivity contribution is 5.13. The van der Waals surface area contributed by atoms with Gasteiger partial charge in [-0.3, -0.25) is 9.36 Å². The predicted octanol–water partition coefficient (Wildman–Crippen LogP) is 2.69. The molecule has 0 unspecified atom stereocenters. The first-order chi connectivity index (χ1) is 9.97. The lowest BCUT2D eigenvalue weighted by Crippen LogP contribution is -2.19. The van der Waals surface area contributed by atoms with Gasteiger partial charge in [0.25, 0.3) is 0 Å². The molecule has 0 saturated heterocycles. The van der Waals surface area contributed by atoms with Crippen LogP contribution in [0.25, 0.3) is 0 Å². The second-order valence-electron chi connectivity index (χ2n) is 6.34. The molecular weight excluding hydrogens is 262 g/mol. The highest BCUT2D eigenvalue weighted by atomic mass is 15.3. The van der Waals surface area contributed by atoms with Crippen LogP contribution in [0.15, 0.2) is 18.3 Å². The molecule has 0 fully saturated rings. The smallest absolute Gasteiger partial charge is 0.0653 e. The van der Waals surface area contributed by atoms with Crippen molar-refractivity contribution in [1.29, 1.82) is 0 Å². The predicted molar refractivity (Wildman–Crippen MR) is 84.9 cm³/mol. The summed E-state index contributed by atoms with van der Waals surface area (Å²) in [4.78, 5) is 0. The fourth-order valence-corrected chi connectivity index (χ4v) is 2.32. The van der Waals surface area contributed by atoms with Crippen LogP contribution in [-0.2, 0) is 26.7 Å². The lowest BCUT2D eigenvalue weighted by molar-refractivity contribution is 0.460. The molecule has 0 aromatic carbocycles. The van der Waals surface area contributed by atoms with Crippen molar-refractivity contribution in [2.24, 2.45) is 13.0 Å². The lowest BCUT2D eigenvalue weighted by Gasteiger charge is -2.10. The molecule has 0 spiro atoms. The molecule has 0 radical (unpaired) electrons. The van der Waals surface area contributed by atoms with Crippen LogP contribution in [0.4, 0.5) is 0 Å². The molecule has 116 valence electrons. The van der Waals surface area contributed by atoms with Gasteiger partial charge in [0.2, 0.25) is 0 Å². The number of hydrogen-bond acceptors (Lipinski definition) is 3. The molecule has 1 N–H and O–H groups in total. The van der Waals surface area contributed by atoms with Gasteiger partial charge in [-0.05, 0) is 24.0 Å². The van der Waals surface area contributed by atoms with Gasteiger partial charge in [0.15, 0.2) is 0 Å². The summed E-state index contributed by atoms with van der Waals surface area (Å²) in [5, 5.41) is 12.4. The first kappa shape index (κ1) is 15.8. The molecule has 2 rings (SSSR count). The topological polar surface area (TPSA) is 47.7 Å². The van der Waals surface area contributed by atoms with Gasteiger partial charge in [0.05, 0.1) is 17.1 Å². The Labute approximate surface area is 127 Å². The quantitative estimate of drug-likeness (QED) is 0.852. The van der Waals surface area contributed by atoms with Crippen LogP contribution in [0.3, 0.4) is 0 Å². The Kier molecular flexibility index (Phi) is 5.17. The van der Waals surface area contributed by atoms with Crippen LogP contribution in [0.5, 0.6) is 0 Å². The Morgan fingerprint density at radius 1 is 1.14 bits per heavy atom. The molecule has 2 aromatic heterocycles. The second-order valence-corrected chi connectivity index (χ2v) is 6.34. The van der Waals surface area contributed by atoms with Crippen molar-refractivity contribution in [2.45, 2.75) is 53.2 Å². The molecule has 5 heteroatoms. The van der Waals surface area contributed by atoms with E-state index in [1.165, 1.54) is 11.4 Å². The van der Waals surface area contributed by atoms with E-state index in [9.17, 15) is 0 Å². The molecule has 5 nitrogen and oxygen atoms in total. The van der Waals surface area contributed by atoms with Crippen LogP contribution in [0, 0.1) is 5.92 Å². The van der Waals surface area contributed by atoms with E-state index in [0.717, 1.165) is 25.3 Å². The molecule has 2 aromatic rings. The summed E-state index contributed by atoms with van der Waals surface area (Å²) < 4.78 is 4.05. The number of aryl methyl sites for hydroxylation is 1. The van der Waals surface area contributed by atoms with E-state index in [2.05, 4.69) is 60.0 Å². The fraction of sp³-hybridized carbons (Fsp3) is 0.625. The van der Waals surface area contributed by atoms with E-state index >= 15 is 0 Å². The Hall–Kier alpha value is -1.62. The monoisotopic (exact) mass is 289 g/mol. The summed E-state index contributed by atoms with van der Waals surface area (Å²) in [6.07, 6.45) is 1.88. The summed E-state index contributed by atoms with van der Waals surface area (Å²) in [7, 11) is 2.01. The lowest BCUT2D eigenvalue weighted by atomic mass is 10.1. The van der Waals surface area contributed by atoms with Crippen molar-refractivity contribution in [3.8, 4) is 0 Å². The minimum atomic E-state index is 0.470. The SMILES string of the molecule is CC(C)Cn1nccc1CNCc1cc(C(C)C)nn1C. The van der Waals surface area contributed by atoms with Crippen LogP contribution in [-0.4, -0.2) is 19.6 Å². The van der Waals surface area contributed by atoms with Crippen molar-refractivity contribution in [3.63, 3.8) is 0 Å². The first-order valence-electron chi connectivity index (χ1n) is 7.71. The van der Waals surface area contributed by atoms with Gasteiger partial charge in [0, 0.05) is 32.9 Å². The standard InChI is InChI=1S/C16H27N5/c1-12(2)11-21-14(6-7-18-21)9-17-10-15-8-16(13(3)4)19-20(15)5/h6-8,12-13,17H,9-11H2,1-5H3. The van der Waals surface area contributed by atoms with Gasteiger partial charge in [-0.25, -0.2) is 0 Å². The number of rotatable bonds is 7. The zero-order chi connectivity index (χ0) is 15.4. The third-order valence-corrected chi connectivity index (χ3v) is 3.54. The normalized spacial score (nSPS) is 11.8. The molecule has 0 amide bonds. The maximum absolute atomic E-state index is 4.54. The number of aromatic nitrogens is 4.